The third-order valence-electron chi connectivity index (χ3n) is 1.85. The maximum absolute atomic E-state index is 13.1. The number of methoxy groups -OCH3 is 1. The summed E-state index contributed by atoms with van der Waals surface area (Å²) < 4.78 is 19.9. The largest absolute Gasteiger partial charge is 0.496 e. The van der Waals surface area contributed by atoms with Crippen molar-refractivity contribution in [3.05, 3.63) is 24.3 Å². The minimum Gasteiger partial charge on any atom is -0.496 e. The summed E-state index contributed by atoms with van der Waals surface area (Å²) in [7, 11) is 2.95. The van der Waals surface area contributed by atoms with Crippen LogP contribution in [0.2, 0.25) is 0 Å². The number of hydrogen-bond donors (Lipinski definition) is 0. The molecular weight excluding hydrogens is 318 g/mol. The number of hydrogen-bond acceptors (Lipinski definition) is 3. The smallest absolute Gasteiger partial charge is 0.218 e. The predicted molar refractivity (Wildman–Crippen MR) is 63.3 cm³/mol. The zero-order valence-electron chi connectivity index (χ0n) is 7.20. The molecular formula is C8H6FIN2OS. The van der Waals surface area contributed by atoms with Crippen molar-refractivity contribution in [2.24, 2.45) is 0 Å². The van der Waals surface area contributed by atoms with Crippen LogP contribution in [0.15, 0.2) is 18.3 Å². The zero-order valence-corrected chi connectivity index (χ0v) is 10.2. The van der Waals surface area contributed by atoms with E-state index in [1.807, 2.05) is 12.3 Å². The van der Waals surface area contributed by atoms with Crippen molar-refractivity contribution in [2.75, 3.05) is 7.11 Å². The van der Waals surface area contributed by atoms with Gasteiger partial charge >= 0.3 is 0 Å². The lowest BCUT2D eigenvalue weighted by Gasteiger charge is -2.02. The normalized spacial score (nSPS) is 10.8. The zero-order chi connectivity index (χ0) is 10.1. The Morgan fingerprint density at radius 3 is 3.07 bits per heavy atom. The summed E-state index contributed by atoms with van der Waals surface area (Å²) in [6, 6.07) is 3.14. The molecule has 0 spiro atoms. The second-order valence-corrected chi connectivity index (χ2v) is 4.31. The van der Waals surface area contributed by atoms with Gasteiger partial charge in [0, 0.05) is 42.6 Å². The number of halogens is 2. The summed E-state index contributed by atoms with van der Waals surface area (Å²) in [6.07, 6.45) is 1.83. The van der Waals surface area contributed by atoms with Crippen LogP contribution in [0, 0.1) is 5.95 Å². The first kappa shape index (κ1) is 10.0. The summed E-state index contributed by atoms with van der Waals surface area (Å²) in [5, 5.41) is 0.818. The molecule has 0 N–H and O–H groups in total. The van der Waals surface area contributed by atoms with E-state index in [2.05, 4.69) is 26.2 Å². The minimum atomic E-state index is -0.528. The van der Waals surface area contributed by atoms with Crippen LogP contribution < -0.4 is 4.74 Å². The fraction of sp³-hybridized carbons (Fsp3) is 0.125. The molecule has 2 heterocycles. The fourth-order valence-electron chi connectivity index (χ4n) is 1.25. The standard InChI is InChI=1S/C8H6FIN2OS/c1-13-6-4-7(9)11-8-5(6)2-3-12(8)14-10/h2-4H,1H3. The highest BCUT2D eigenvalue weighted by Crippen LogP contribution is 2.29. The third-order valence-corrected chi connectivity index (χ3v) is 3.57. The maximum Gasteiger partial charge on any atom is 0.218 e. The summed E-state index contributed by atoms with van der Waals surface area (Å²) in [5.41, 5.74) is 0.584. The lowest BCUT2D eigenvalue weighted by atomic mass is 10.3. The molecule has 6 heteroatoms. The predicted octanol–water partition coefficient (Wildman–Crippen LogP) is 3.03. The highest BCUT2D eigenvalue weighted by atomic mass is 127. The first-order chi connectivity index (χ1) is 6.76. The van der Waals surface area contributed by atoms with Gasteiger partial charge in [-0.2, -0.15) is 4.39 Å². The molecule has 3 nitrogen and oxygen atoms in total. The number of pyridine rings is 1. The number of rotatable bonds is 2. The molecule has 14 heavy (non-hydrogen) atoms. The van der Waals surface area contributed by atoms with Gasteiger partial charge in [0.1, 0.15) is 5.75 Å². The molecule has 0 unspecified atom stereocenters. The molecule has 0 amide bonds. The van der Waals surface area contributed by atoms with Crippen molar-refractivity contribution in [3.8, 4) is 5.75 Å². The molecule has 2 aromatic heterocycles. The van der Waals surface area contributed by atoms with E-state index in [9.17, 15) is 4.39 Å². The Hall–Kier alpha value is -0.500. The first-order valence-corrected chi connectivity index (χ1v) is 7.08. The molecule has 2 aromatic rings. The average molecular weight is 324 g/mol. The van der Waals surface area contributed by atoms with Gasteiger partial charge in [0.2, 0.25) is 5.95 Å². The van der Waals surface area contributed by atoms with E-state index in [0.29, 0.717) is 11.4 Å². The molecule has 0 aromatic carbocycles. The topological polar surface area (TPSA) is 27.1 Å². The Balaban J connectivity index is 2.76. The van der Waals surface area contributed by atoms with Crippen molar-refractivity contribution < 1.29 is 9.13 Å². The van der Waals surface area contributed by atoms with E-state index in [4.69, 9.17) is 4.74 Å². The van der Waals surface area contributed by atoms with E-state index in [0.717, 1.165) is 5.39 Å². The van der Waals surface area contributed by atoms with Crippen molar-refractivity contribution in [1.29, 1.82) is 0 Å². The van der Waals surface area contributed by atoms with Gasteiger partial charge in [-0.3, -0.25) is 3.97 Å². The van der Waals surface area contributed by atoms with Gasteiger partial charge in [-0.25, -0.2) is 4.98 Å². The third kappa shape index (κ3) is 1.56. The molecule has 74 valence electrons. The van der Waals surface area contributed by atoms with Crippen LogP contribution in [0.3, 0.4) is 0 Å². The Morgan fingerprint density at radius 2 is 2.43 bits per heavy atom. The Labute approximate surface area is 96.4 Å². The van der Waals surface area contributed by atoms with Crippen LogP contribution in [-0.4, -0.2) is 16.1 Å². The van der Waals surface area contributed by atoms with E-state index in [1.165, 1.54) is 22.3 Å². The van der Waals surface area contributed by atoms with Gasteiger partial charge in [-0.05, 0) is 6.07 Å². The SMILES string of the molecule is COc1cc(F)nc2c1ccn2SI. The molecule has 0 fully saturated rings. The highest BCUT2D eigenvalue weighted by Gasteiger charge is 2.09. The van der Waals surface area contributed by atoms with Crippen molar-refractivity contribution in [1.82, 2.24) is 8.96 Å². The summed E-state index contributed by atoms with van der Waals surface area (Å²) in [4.78, 5) is 3.81. The van der Waals surface area contributed by atoms with Crippen LogP contribution in [0.25, 0.3) is 11.0 Å². The van der Waals surface area contributed by atoms with Gasteiger partial charge in [-0.1, -0.05) is 0 Å². The lowest BCUT2D eigenvalue weighted by molar-refractivity contribution is 0.415. The molecule has 2 rings (SSSR count). The quantitative estimate of drug-likeness (QED) is 0.628. The van der Waals surface area contributed by atoms with Gasteiger partial charge in [0.25, 0.3) is 0 Å². The summed E-state index contributed by atoms with van der Waals surface area (Å²) in [5.74, 6) is -0.0172. The van der Waals surface area contributed by atoms with E-state index in [1.54, 1.807) is 3.97 Å². The van der Waals surface area contributed by atoms with E-state index >= 15 is 0 Å². The molecule has 0 aliphatic rings. The average Bonchev–Trinajstić information content (AvgIpc) is 2.59. The number of aromatic nitrogens is 2. The first-order valence-electron chi connectivity index (χ1n) is 3.77. The molecule has 0 aliphatic heterocycles. The molecule has 0 bridgehead atoms. The number of ether oxygens (including phenoxy) is 1. The van der Waals surface area contributed by atoms with Crippen LogP contribution in [0.4, 0.5) is 4.39 Å². The highest BCUT2D eigenvalue weighted by molar-refractivity contribution is 14.2. The van der Waals surface area contributed by atoms with E-state index < -0.39 is 5.95 Å². The maximum atomic E-state index is 13.1. The summed E-state index contributed by atoms with van der Waals surface area (Å²) >= 11 is 2.11. The Kier molecular flexibility index (Phi) is 2.82. The number of nitrogens with zero attached hydrogens (tertiary/aromatic N) is 2. The second kappa shape index (κ2) is 3.93. The molecule has 0 atom stereocenters. The Morgan fingerprint density at radius 1 is 1.64 bits per heavy atom. The van der Waals surface area contributed by atoms with Gasteiger partial charge in [-0.15, -0.1) is 0 Å². The molecule has 0 aliphatic carbocycles. The van der Waals surface area contributed by atoms with Gasteiger partial charge in [0.15, 0.2) is 5.65 Å². The molecule has 0 saturated carbocycles. The van der Waals surface area contributed by atoms with E-state index in [-0.39, 0.29) is 0 Å². The Bertz CT molecular complexity index is 474. The monoisotopic (exact) mass is 324 g/mol. The lowest BCUT2D eigenvalue weighted by Crippen LogP contribution is -1.91. The van der Waals surface area contributed by atoms with Gasteiger partial charge < -0.3 is 4.74 Å². The summed E-state index contributed by atoms with van der Waals surface area (Å²) in [6.45, 7) is 0. The van der Waals surface area contributed by atoms with Crippen LogP contribution >= 0.6 is 30.3 Å². The van der Waals surface area contributed by atoms with Crippen molar-refractivity contribution >= 4 is 41.4 Å². The number of fused-ring (bicyclic) bond motifs is 1. The molecule has 0 saturated heterocycles. The fourth-order valence-corrected chi connectivity index (χ4v) is 2.52. The van der Waals surface area contributed by atoms with Crippen molar-refractivity contribution in [2.45, 2.75) is 0 Å². The van der Waals surface area contributed by atoms with Gasteiger partial charge in [0.05, 0.1) is 12.5 Å². The van der Waals surface area contributed by atoms with Crippen LogP contribution in [0.5, 0.6) is 5.75 Å². The van der Waals surface area contributed by atoms with Crippen molar-refractivity contribution in [3.63, 3.8) is 0 Å². The molecule has 0 radical (unpaired) electrons. The van der Waals surface area contributed by atoms with Crippen LogP contribution in [0.1, 0.15) is 0 Å². The minimum absolute atomic E-state index is 0.511. The second-order valence-electron chi connectivity index (χ2n) is 2.60. The van der Waals surface area contributed by atoms with Crippen LogP contribution in [-0.2, 0) is 0 Å².